The predicted octanol–water partition coefficient (Wildman–Crippen LogP) is 2.70. The number of ether oxygens (including phenoxy) is 1. The third-order valence-electron chi connectivity index (χ3n) is 3.60. The average Bonchev–Trinajstić information content (AvgIpc) is 2.41. The van der Waals surface area contributed by atoms with E-state index in [9.17, 15) is 0 Å². The Kier molecular flexibility index (Phi) is 7.45. The fraction of sp³-hybridized carbons (Fsp3) is 0.562. The van der Waals surface area contributed by atoms with Gasteiger partial charge < -0.3 is 15.4 Å². The molecule has 1 aliphatic heterocycles. The summed E-state index contributed by atoms with van der Waals surface area (Å²) in [6, 6.07) is 8.37. The molecule has 118 valence electrons. The molecule has 5 heteroatoms. The van der Waals surface area contributed by atoms with Gasteiger partial charge in [0.05, 0.1) is 19.8 Å². The number of rotatable bonds is 5. The average molecular weight is 403 g/mol. The highest BCUT2D eigenvalue weighted by atomic mass is 127. The first-order valence-electron chi connectivity index (χ1n) is 7.27. The lowest BCUT2D eigenvalue weighted by Crippen LogP contribution is -2.51. The summed E-state index contributed by atoms with van der Waals surface area (Å²) in [7, 11) is 0. The smallest absolute Gasteiger partial charge is 0.191 e. The van der Waals surface area contributed by atoms with E-state index in [2.05, 4.69) is 60.7 Å². The molecular weight excluding hydrogens is 377 g/mol. The maximum atomic E-state index is 5.27. The summed E-state index contributed by atoms with van der Waals surface area (Å²) in [5, 5.41) is 6.70. The Balaban J connectivity index is 0.00000220. The molecule has 2 N–H and O–H groups in total. The second-order valence-electron chi connectivity index (χ2n) is 5.78. The summed E-state index contributed by atoms with van der Waals surface area (Å²) >= 11 is 0. The quantitative estimate of drug-likeness (QED) is 0.452. The van der Waals surface area contributed by atoms with Crippen LogP contribution in [0.5, 0.6) is 0 Å². The van der Waals surface area contributed by atoms with Crippen LogP contribution in [0.15, 0.2) is 29.3 Å². The Morgan fingerprint density at radius 1 is 1.29 bits per heavy atom. The second-order valence-corrected chi connectivity index (χ2v) is 5.78. The Hall–Kier alpha value is -0.820. The van der Waals surface area contributed by atoms with Gasteiger partial charge in [-0.3, -0.25) is 0 Å². The second kappa shape index (κ2) is 8.58. The maximum Gasteiger partial charge on any atom is 0.191 e. The number of halogens is 1. The van der Waals surface area contributed by atoms with Crippen LogP contribution in [0.4, 0.5) is 0 Å². The van der Waals surface area contributed by atoms with Crippen molar-refractivity contribution in [1.29, 1.82) is 0 Å². The Labute approximate surface area is 144 Å². The zero-order chi connectivity index (χ0) is 14.4. The summed E-state index contributed by atoms with van der Waals surface area (Å²) in [6.45, 7) is 10.6. The van der Waals surface area contributed by atoms with E-state index in [-0.39, 0.29) is 29.4 Å². The molecular formula is C16H26IN3O. The molecule has 1 saturated heterocycles. The first-order valence-corrected chi connectivity index (χ1v) is 7.27. The van der Waals surface area contributed by atoms with Crippen LogP contribution < -0.4 is 10.6 Å². The Bertz CT molecular complexity index is 472. The van der Waals surface area contributed by atoms with Crippen LogP contribution in [0.25, 0.3) is 0 Å². The van der Waals surface area contributed by atoms with Crippen LogP contribution in [0.2, 0.25) is 0 Å². The molecule has 0 aromatic heterocycles. The Morgan fingerprint density at radius 2 is 2.00 bits per heavy atom. The number of aliphatic imine (C=N–C) groups is 1. The number of benzene rings is 1. The highest BCUT2D eigenvalue weighted by Gasteiger charge is 2.33. The molecule has 0 aliphatic carbocycles. The number of nitrogens with one attached hydrogen (secondary N) is 2. The van der Waals surface area contributed by atoms with Crippen LogP contribution in [-0.4, -0.2) is 32.3 Å². The molecule has 0 unspecified atom stereocenters. The minimum atomic E-state index is 0. The SMILES string of the molecule is CCNC(=NCc1ccccc1C)NCC1(C)COC1.I. The predicted molar refractivity (Wildman–Crippen MR) is 98.3 cm³/mol. The molecule has 0 saturated carbocycles. The molecule has 1 aromatic rings. The van der Waals surface area contributed by atoms with Gasteiger partial charge in [-0.2, -0.15) is 0 Å². The highest BCUT2D eigenvalue weighted by Crippen LogP contribution is 2.24. The molecule has 0 radical (unpaired) electrons. The molecule has 0 atom stereocenters. The molecule has 0 bridgehead atoms. The van der Waals surface area contributed by atoms with Gasteiger partial charge in [-0.1, -0.05) is 31.2 Å². The van der Waals surface area contributed by atoms with Crippen LogP contribution >= 0.6 is 24.0 Å². The zero-order valence-electron chi connectivity index (χ0n) is 13.1. The van der Waals surface area contributed by atoms with E-state index in [0.29, 0.717) is 6.54 Å². The standard InChI is InChI=1S/C16H25N3O.HI/c1-4-17-15(19-10-16(3)11-20-12-16)18-9-14-8-6-5-7-13(14)2;/h5-8H,4,9-12H2,1-3H3,(H2,17,18,19);1H. The molecule has 0 amide bonds. The summed E-state index contributed by atoms with van der Waals surface area (Å²) in [5.74, 6) is 0.879. The fourth-order valence-corrected chi connectivity index (χ4v) is 2.14. The zero-order valence-corrected chi connectivity index (χ0v) is 15.4. The van der Waals surface area contributed by atoms with Crippen molar-refractivity contribution in [3.63, 3.8) is 0 Å². The molecule has 1 aromatic carbocycles. The maximum absolute atomic E-state index is 5.27. The topological polar surface area (TPSA) is 45.7 Å². The first-order chi connectivity index (χ1) is 9.63. The van der Waals surface area contributed by atoms with Gasteiger partial charge >= 0.3 is 0 Å². The number of aryl methyl sites for hydroxylation is 1. The van der Waals surface area contributed by atoms with Crippen LogP contribution in [0.3, 0.4) is 0 Å². The van der Waals surface area contributed by atoms with Gasteiger partial charge in [-0.25, -0.2) is 4.99 Å². The van der Waals surface area contributed by atoms with E-state index >= 15 is 0 Å². The summed E-state index contributed by atoms with van der Waals surface area (Å²) < 4.78 is 5.27. The van der Waals surface area contributed by atoms with Crippen molar-refractivity contribution < 1.29 is 4.74 Å². The van der Waals surface area contributed by atoms with Gasteiger partial charge in [-0.15, -0.1) is 24.0 Å². The van der Waals surface area contributed by atoms with Crippen molar-refractivity contribution in [3.05, 3.63) is 35.4 Å². The molecule has 1 fully saturated rings. The number of hydrogen-bond acceptors (Lipinski definition) is 2. The number of guanidine groups is 1. The largest absolute Gasteiger partial charge is 0.380 e. The van der Waals surface area contributed by atoms with E-state index in [1.807, 2.05) is 0 Å². The van der Waals surface area contributed by atoms with Crippen LogP contribution in [0.1, 0.15) is 25.0 Å². The van der Waals surface area contributed by atoms with Crippen molar-refractivity contribution in [2.75, 3.05) is 26.3 Å². The lowest BCUT2D eigenvalue weighted by atomic mass is 9.89. The fourth-order valence-electron chi connectivity index (χ4n) is 2.14. The van der Waals surface area contributed by atoms with Gasteiger partial charge in [0.1, 0.15) is 0 Å². The van der Waals surface area contributed by atoms with E-state index in [1.165, 1.54) is 11.1 Å². The van der Waals surface area contributed by atoms with Crippen molar-refractivity contribution in [1.82, 2.24) is 10.6 Å². The first kappa shape index (κ1) is 18.2. The van der Waals surface area contributed by atoms with Crippen molar-refractivity contribution in [2.24, 2.45) is 10.4 Å². The minimum absolute atomic E-state index is 0. The molecule has 1 aliphatic rings. The van der Waals surface area contributed by atoms with Gasteiger partial charge in [0.25, 0.3) is 0 Å². The summed E-state index contributed by atoms with van der Waals surface area (Å²) in [5.41, 5.74) is 2.80. The van der Waals surface area contributed by atoms with Crippen LogP contribution in [0, 0.1) is 12.3 Å². The van der Waals surface area contributed by atoms with Crippen LogP contribution in [-0.2, 0) is 11.3 Å². The number of nitrogens with zero attached hydrogens (tertiary/aromatic N) is 1. The van der Waals surface area contributed by atoms with Crippen molar-refractivity contribution in [3.8, 4) is 0 Å². The van der Waals surface area contributed by atoms with Crippen molar-refractivity contribution >= 4 is 29.9 Å². The normalized spacial score (nSPS) is 16.6. The van der Waals surface area contributed by atoms with E-state index in [0.717, 1.165) is 32.3 Å². The lowest BCUT2D eigenvalue weighted by Gasteiger charge is -2.38. The minimum Gasteiger partial charge on any atom is -0.380 e. The third-order valence-corrected chi connectivity index (χ3v) is 3.60. The molecule has 4 nitrogen and oxygen atoms in total. The number of hydrogen-bond donors (Lipinski definition) is 2. The summed E-state index contributed by atoms with van der Waals surface area (Å²) in [4.78, 5) is 4.66. The van der Waals surface area contributed by atoms with Gasteiger partial charge in [0.2, 0.25) is 0 Å². The molecule has 2 rings (SSSR count). The Morgan fingerprint density at radius 3 is 2.57 bits per heavy atom. The molecule has 0 spiro atoms. The lowest BCUT2D eigenvalue weighted by molar-refractivity contribution is -0.0971. The molecule has 1 heterocycles. The third kappa shape index (κ3) is 5.47. The van der Waals surface area contributed by atoms with Gasteiger partial charge in [-0.05, 0) is 25.0 Å². The summed E-state index contributed by atoms with van der Waals surface area (Å²) in [6.07, 6.45) is 0. The van der Waals surface area contributed by atoms with E-state index in [1.54, 1.807) is 0 Å². The molecule has 21 heavy (non-hydrogen) atoms. The van der Waals surface area contributed by atoms with E-state index < -0.39 is 0 Å². The van der Waals surface area contributed by atoms with Gasteiger partial charge in [0, 0.05) is 18.5 Å². The van der Waals surface area contributed by atoms with E-state index in [4.69, 9.17) is 4.74 Å². The van der Waals surface area contributed by atoms with Crippen molar-refractivity contribution in [2.45, 2.75) is 27.3 Å². The van der Waals surface area contributed by atoms with Gasteiger partial charge in [0.15, 0.2) is 5.96 Å². The highest BCUT2D eigenvalue weighted by molar-refractivity contribution is 14.0. The monoisotopic (exact) mass is 403 g/mol.